The molecule has 0 unspecified atom stereocenters. The highest BCUT2D eigenvalue weighted by atomic mass is 35.5. The molecule has 1 aliphatic rings. The van der Waals surface area contributed by atoms with Crippen molar-refractivity contribution in [3.8, 4) is 0 Å². The van der Waals surface area contributed by atoms with Crippen molar-refractivity contribution in [2.24, 2.45) is 5.92 Å². The number of thiazole rings is 1. The molecule has 1 aliphatic heterocycles. The van der Waals surface area contributed by atoms with Gasteiger partial charge in [0.05, 0.1) is 12.7 Å². The van der Waals surface area contributed by atoms with Crippen LogP contribution in [0.2, 0.25) is 4.34 Å². The summed E-state index contributed by atoms with van der Waals surface area (Å²) in [6, 6.07) is 0. The van der Waals surface area contributed by atoms with Gasteiger partial charge in [0, 0.05) is 0 Å². The van der Waals surface area contributed by atoms with Crippen LogP contribution in [-0.4, -0.2) is 36.6 Å². The van der Waals surface area contributed by atoms with Crippen LogP contribution in [0.15, 0.2) is 6.20 Å². The van der Waals surface area contributed by atoms with Crippen molar-refractivity contribution >= 4 is 22.9 Å². The molecule has 1 saturated heterocycles. The molecule has 0 radical (unpaired) electrons. The van der Waals surface area contributed by atoms with E-state index in [0.29, 0.717) is 0 Å². The summed E-state index contributed by atoms with van der Waals surface area (Å²) in [5.74, 6) is 0.901. The average Bonchev–Trinajstić information content (AvgIpc) is 2.74. The Morgan fingerprint density at radius 2 is 2.29 bits per heavy atom. The van der Waals surface area contributed by atoms with E-state index in [9.17, 15) is 0 Å². The zero-order chi connectivity index (χ0) is 12.1. The number of halogens is 1. The number of rotatable bonds is 5. The van der Waals surface area contributed by atoms with E-state index in [1.807, 2.05) is 7.05 Å². The van der Waals surface area contributed by atoms with Gasteiger partial charge in [0.15, 0.2) is 0 Å². The van der Waals surface area contributed by atoms with E-state index >= 15 is 0 Å². The van der Waals surface area contributed by atoms with Gasteiger partial charge in [0.1, 0.15) is 9.34 Å². The highest BCUT2D eigenvalue weighted by Crippen LogP contribution is 2.24. The second-order valence-electron chi connectivity index (χ2n) is 4.67. The van der Waals surface area contributed by atoms with E-state index in [1.54, 1.807) is 17.5 Å². The summed E-state index contributed by atoms with van der Waals surface area (Å²) in [6.45, 7) is 4.51. The number of piperidine rings is 1. The van der Waals surface area contributed by atoms with Crippen LogP contribution in [-0.2, 0) is 6.54 Å². The number of likely N-dealkylation sites (tertiary alicyclic amines) is 1. The summed E-state index contributed by atoms with van der Waals surface area (Å²) in [7, 11) is 2.03. The number of hydrogen-bond donors (Lipinski definition) is 1. The molecule has 0 spiro atoms. The molecule has 0 aromatic carbocycles. The van der Waals surface area contributed by atoms with E-state index in [4.69, 9.17) is 11.6 Å². The molecule has 2 rings (SSSR count). The third kappa shape index (κ3) is 4.21. The SMILES string of the molecule is CNCCC1CCN(Cc2ncc(Cl)s2)CC1. The first kappa shape index (κ1) is 13.3. The minimum absolute atomic E-state index is 0.795. The van der Waals surface area contributed by atoms with Crippen LogP contribution in [0, 0.1) is 5.92 Å². The van der Waals surface area contributed by atoms with Crippen LogP contribution >= 0.6 is 22.9 Å². The lowest BCUT2D eigenvalue weighted by Gasteiger charge is -2.31. The standard InChI is InChI=1S/C12H20ClN3S/c1-14-5-2-10-3-6-16(7-4-10)9-12-15-8-11(13)17-12/h8,10,14H,2-7,9H2,1H3. The third-order valence-electron chi connectivity index (χ3n) is 3.39. The third-order valence-corrected chi connectivity index (χ3v) is 4.49. The molecule has 0 saturated carbocycles. The van der Waals surface area contributed by atoms with Crippen LogP contribution in [0.5, 0.6) is 0 Å². The van der Waals surface area contributed by atoms with Gasteiger partial charge in [-0.25, -0.2) is 4.98 Å². The van der Waals surface area contributed by atoms with Crippen LogP contribution in [0.3, 0.4) is 0 Å². The Balaban J connectivity index is 1.72. The molecule has 3 nitrogen and oxygen atoms in total. The Labute approximate surface area is 112 Å². The normalized spacial score (nSPS) is 18.7. The minimum atomic E-state index is 0.795. The van der Waals surface area contributed by atoms with Crippen molar-refractivity contribution in [1.29, 1.82) is 0 Å². The topological polar surface area (TPSA) is 28.2 Å². The van der Waals surface area contributed by atoms with Gasteiger partial charge in [-0.15, -0.1) is 11.3 Å². The lowest BCUT2D eigenvalue weighted by molar-refractivity contribution is 0.172. The van der Waals surface area contributed by atoms with Crippen molar-refractivity contribution in [2.75, 3.05) is 26.7 Å². The highest BCUT2D eigenvalue weighted by molar-refractivity contribution is 7.15. The molecule has 0 amide bonds. The molecule has 5 heteroatoms. The largest absolute Gasteiger partial charge is 0.320 e. The minimum Gasteiger partial charge on any atom is -0.320 e. The highest BCUT2D eigenvalue weighted by Gasteiger charge is 2.19. The fourth-order valence-corrected chi connectivity index (χ4v) is 3.33. The van der Waals surface area contributed by atoms with Gasteiger partial charge in [0.2, 0.25) is 0 Å². The molecule has 1 aromatic heterocycles. The molecule has 0 atom stereocenters. The lowest BCUT2D eigenvalue weighted by Crippen LogP contribution is -2.34. The van der Waals surface area contributed by atoms with Crippen molar-refractivity contribution < 1.29 is 0 Å². The van der Waals surface area contributed by atoms with E-state index in [0.717, 1.165) is 28.4 Å². The summed E-state index contributed by atoms with van der Waals surface area (Å²) in [6.07, 6.45) is 5.70. The molecule has 1 fully saturated rings. The van der Waals surface area contributed by atoms with Crippen molar-refractivity contribution in [2.45, 2.75) is 25.8 Å². The average molecular weight is 274 g/mol. The van der Waals surface area contributed by atoms with Crippen LogP contribution in [0.1, 0.15) is 24.3 Å². The van der Waals surface area contributed by atoms with Gasteiger partial charge in [-0.2, -0.15) is 0 Å². The van der Waals surface area contributed by atoms with Crippen molar-refractivity contribution in [3.63, 3.8) is 0 Å². The second kappa shape index (κ2) is 6.69. The van der Waals surface area contributed by atoms with Gasteiger partial charge >= 0.3 is 0 Å². The molecular formula is C12H20ClN3S. The first-order valence-electron chi connectivity index (χ1n) is 6.25. The Kier molecular flexibility index (Phi) is 5.22. The number of nitrogens with zero attached hydrogens (tertiary/aromatic N) is 2. The summed E-state index contributed by atoms with van der Waals surface area (Å²) in [4.78, 5) is 6.80. The lowest BCUT2D eigenvalue weighted by atomic mass is 9.93. The van der Waals surface area contributed by atoms with E-state index < -0.39 is 0 Å². The Morgan fingerprint density at radius 1 is 1.53 bits per heavy atom. The molecule has 0 bridgehead atoms. The molecule has 2 heterocycles. The van der Waals surface area contributed by atoms with Gasteiger partial charge in [-0.05, 0) is 51.9 Å². The maximum Gasteiger partial charge on any atom is 0.113 e. The number of aromatic nitrogens is 1. The van der Waals surface area contributed by atoms with Crippen LogP contribution in [0.4, 0.5) is 0 Å². The Morgan fingerprint density at radius 3 is 2.88 bits per heavy atom. The number of nitrogens with one attached hydrogen (secondary N) is 1. The monoisotopic (exact) mass is 273 g/mol. The maximum atomic E-state index is 5.89. The van der Waals surface area contributed by atoms with E-state index in [-0.39, 0.29) is 0 Å². The smallest absolute Gasteiger partial charge is 0.113 e. The Bertz CT molecular complexity index is 334. The van der Waals surface area contributed by atoms with Gasteiger partial charge in [-0.1, -0.05) is 11.6 Å². The van der Waals surface area contributed by atoms with E-state index in [1.165, 1.54) is 32.4 Å². The molecule has 1 aromatic rings. The van der Waals surface area contributed by atoms with Crippen molar-refractivity contribution in [1.82, 2.24) is 15.2 Å². The zero-order valence-electron chi connectivity index (χ0n) is 10.3. The van der Waals surface area contributed by atoms with E-state index in [2.05, 4.69) is 15.2 Å². The molecule has 96 valence electrons. The predicted molar refractivity (Wildman–Crippen MR) is 73.7 cm³/mol. The Hall–Kier alpha value is -0.160. The molecule has 17 heavy (non-hydrogen) atoms. The summed E-state index contributed by atoms with van der Waals surface area (Å²) < 4.78 is 0.795. The first-order valence-corrected chi connectivity index (χ1v) is 7.44. The molecular weight excluding hydrogens is 254 g/mol. The summed E-state index contributed by atoms with van der Waals surface area (Å²) in [5.41, 5.74) is 0. The van der Waals surface area contributed by atoms with Gasteiger partial charge in [0.25, 0.3) is 0 Å². The maximum absolute atomic E-state index is 5.89. The first-order chi connectivity index (χ1) is 8.28. The van der Waals surface area contributed by atoms with Crippen LogP contribution in [0.25, 0.3) is 0 Å². The summed E-state index contributed by atoms with van der Waals surface area (Å²) in [5, 5.41) is 4.37. The predicted octanol–water partition coefficient (Wildman–Crippen LogP) is 2.62. The van der Waals surface area contributed by atoms with Gasteiger partial charge in [-0.3, -0.25) is 4.90 Å². The molecule has 1 N–H and O–H groups in total. The number of hydrogen-bond acceptors (Lipinski definition) is 4. The molecule has 0 aliphatic carbocycles. The summed E-state index contributed by atoms with van der Waals surface area (Å²) >= 11 is 7.49. The fraction of sp³-hybridized carbons (Fsp3) is 0.750. The zero-order valence-corrected chi connectivity index (χ0v) is 11.9. The van der Waals surface area contributed by atoms with Crippen LogP contribution < -0.4 is 5.32 Å². The quantitative estimate of drug-likeness (QED) is 0.894. The second-order valence-corrected chi connectivity index (χ2v) is 6.42. The van der Waals surface area contributed by atoms with Crippen molar-refractivity contribution in [3.05, 3.63) is 15.5 Å². The fourth-order valence-electron chi connectivity index (χ4n) is 2.33. The van der Waals surface area contributed by atoms with Gasteiger partial charge < -0.3 is 5.32 Å².